The third-order valence-electron chi connectivity index (χ3n) is 3.66. The molecule has 0 spiro atoms. The molecule has 1 rings (SSSR count). The van der Waals surface area contributed by atoms with E-state index in [1.165, 1.54) is 6.42 Å². The fourth-order valence-corrected chi connectivity index (χ4v) is 2.64. The molecule has 4 heteroatoms. The third-order valence-corrected chi connectivity index (χ3v) is 3.66. The summed E-state index contributed by atoms with van der Waals surface area (Å²) in [6.07, 6.45) is 5.30. The standard InChI is InChI=1S/C13H26N2O2/c1-10-5-3-7-13(14,9-10)12(17)15-11(2)6-4-8-16/h10-11,16H,3-9,14H2,1-2H3,(H,15,17). The van der Waals surface area contributed by atoms with Gasteiger partial charge in [0.05, 0.1) is 5.54 Å². The highest BCUT2D eigenvalue weighted by molar-refractivity contribution is 5.86. The largest absolute Gasteiger partial charge is 0.396 e. The van der Waals surface area contributed by atoms with Gasteiger partial charge in [0.1, 0.15) is 0 Å². The van der Waals surface area contributed by atoms with Crippen molar-refractivity contribution < 1.29 is 9.90 Å². The Hall–Kier alpha value is -0.610. The number of carbonyl (C=O) groups is 1. The Balaban J connectivity index is 2.45. The second kappa shape index (κ2) is 6.36. The lowest BCUT2D eigenvalue weighted by molar-refractivity contribution is -0.128. The van der Waals surface area contributed by atoms with Crippen molar-refractivity contribution in [2.75, 3.05) is 6.61 Å². The molecule has 0 aromatic heterocycles. The van der Waals surface area contributed by atoms with Crippen molar-refractivity contribution in [3.63, 3.8) is 0 Å². The summed E-state index contributed by atoms with van der Waals surface area (Å²) in [5, 5.41) is 11.7. The molecule has 0 heterocycles. The van der Waals surface area contributed by atoms with Gasteiger partial charge in [0, 0.05) is 12.6 Å². The summed E-state index contributed by atoms with van der Waals surface area (Å²) in [7, 11) is 0. The average molecular weight is 242 g/mol. The van der Waals surface area contributed by atoms with E-state index in [4.69, 9.17) is 10.8 Å². The highest BCUT2D eigenvalue weighted by atomic mass is 16.3. The van der Waals surface area contributed by atoms with Crippen LogP contribution in [0.25, 0.3) is 0 Å². The number of hydrogen-bond donors (Lipinski definition) is 3. The molecule has 17 heavy (non-hydrogen) atoms. The van der Waals surface area contributed by atoms with Gasteiger partial charge in [0.15, 0.2) is 0 Å². The van der Waals surface area contributed by atoms with Gasteiger partial charge in [-0.05, 0) is 38.5 Å². The minimum Gasteiger partial charge on any atom is -0.396 e. The van der Waals surface area contributed by atoms with Crippen molar-refractivity contribution in [3.8, 4) is 0 Å². The Labute approximate surface area is 104 Å². The molecule has 1 saturated carbocycles. The van der Waals surface area contributed by atoms with Gasteiger partial charge < -0.3 is 16.2 Å². The van der Waals surface area contributed by atoms with Crippen molar-refractivity contribution in [3.05, 3.63) is 0 Å². The summed E-state index contributed by atoms with van der Waals surface area (Å²) in [5.74, 6) is 0.515. The van der Waals surface area contributed by atoms with Crippen LogP contribution >= 0.6 is 0 Å². The molecule has 4 N–H and O–H groups in total. The number of carbonyl (C=O) groups excluding carboxylic acids is 1. The number of nitrogens with one attached hydrogen (secondary N) is 1. The van der Waals surface area contributed by atoms with E-state index in [9.17, 15) is 4.79 Å². The molecule has 1 aliphatic rings. The van der Waals surface area contributed by atoms with E-state index in [-0.39, 0.29) is 18.6 Å². The molecule has 4 nitrogen and oxygen atoms in total. The summed E-state index contributed by atoms with van der Waals surface area (Å²) in [4.78, 5) is 12.1. The topological polar surface area (TPSA) is 75.4 Å². The van der Waals surface area contributed by atoms with Gasteiger partial charge in [-0.25, -0.2) is 0 Å². The van der Waals surface area contributed by atoms with Crippen molar-refractivity contribution in [1.29, 1.82) is 0 Å². The Morgan fingerprint density at radius 1 is 1.65 bits per heavy atom. The lowest BCUT2D eigenvalue weighted by atomic mass is 9.76. The van der Waals surface area contributed by atoms with Crippen LogP contribution in [-0.2, 0) is 4.79 Å². The van der Waals surface area contributed by atoms with Crippen LogP contribution in [0.15, 0.2) is 0 Å². The number of nitrogens with two attached hydrogens (primary N) is 1. The average Bonchev–Trinajstić information content (AvgIpc) is 2.26. The van der Waals surface area contributed by atoms with Crippen LogP contribution in [0.3, 0.4) is 0 Å². The molecule has 0 aromatic carbocycles. The normalized spacial score (nSPS) is 30.9. The van der Waals surface area contributed by atoms with Gasteiger partial charge in [0.2, 0.25) is 5.91 Å². The number of aliphatic hydroxyl groups is 1. The fourth-order valence-electron chi connectivity index (χ4n) is 2.64. The first-order valence-electron chi connectivity index (χ1n) is 6.68. The molecule has 3 atom stereocenters. The smallest absolute Gasteiger partial charge is 0.240 e. The zero-order chi connectivity index (χ0) is 12.9. The van der Waals surface area contributed by atoms with E-state index in [1.807, 2.05) is 6.92 Å². The summed E-state index contributed by atoms with van der Waals surface area (Å²) in [6, 6.07) is 0.0901. The number of rotatable bonds is 5. The summed E-state index contributed by atoms with van der Waals surface area (Å²) >= 11 is 0. The second-order valence-corrected chi connectivity index (χ2v) is 5.60. The van der Waals surface area contributed by atoms with E-state index in [0.29, 0.717) is 5.92 Å². The lowest BCUT2D eigenvalue weighted by Crippen LogP contribution is -2.57. The van der Waals surface area contributed by atoms with Gasteiger partial charge in [-0.2, -0.15) is 0 Å². The maximum atomic E-state index is 12.1. The van der Waals surface area contributed by atoms with Crippen molar-refractivity contribution in [1.82, 2.24) is 5.32 Å². The van der Waals surface area contributed by atoms with Crippen LogP contribution in [0.4, 0.5) is 0 Å². The van der Waals surface area contributed by atoms with Gasteiger partial charge in [-0.3, -0.25) is 4.79 Å². The molecule has 1 aliphatic carbocycles. The second-order valence-electron chi connectivity index (χ2n) is 5.60. The highest BCUT2D eigenvalue weighted by Crippen LogP contribution is 2.30. The van der Waals surface area contributed by atoms with Crippen LogP contribution in [0.5, 0.6) is 0 Å². The monoisotopic (exact) mass is 242 g/mol. The summed E-state index contributed by atoms with van der Waals surface area (Å²) in [5.41, 5.74) is 5.53. The van der Waals surface area contributed by atoms with Crippen LogP contribution in [-0.4, -0.2) is 29.2 Å². The molecule has 1 amide bonds. The van der Waals surface area contributed by atoms with Crippen molar-refractivity contribution in [2.45, 2.75) is 64.0 Å². The molecule has 3 unspecified atom stereocenters. The summed E-state index contributed by atoms with van der Waals surface area (Å²) < 4.78 is 0. The molecule has 0 aliphatic heterocycles. The number of hydrogen-bond acceptors (Lipinski definition) is 3. The van der Waals surface area contributed by atoms with E-state index in [2.05, 4.69) is 12.2 Å². The third kappa shape index (κ3) is 4.28. The van der Waals surface area contributed by atoms with Crippen LogP contribution in [0, 0.1) is 5.92 Å². The van der Waals surface area contributed by atoms with E-state index < -0.39 is 5.54 Å². The van der Waals surface area contributed by atoms with E-state index in [1.54, 1.807) is 0 Å². The number of amides is 1. The van der Waals surface area contributed by atoms with Crippen molar-refractivity contribution in [2.24, 2.45) is 11.7 Å². The van der Waals surface area contributed by atoms with Crippen LogP contribution < -0.4 is 11.1 Å². The molecule has 0 aromatic rings. The predicted molar refractivity (Wildman–Crippen MR) is 68.5 cm³/mol. The maximum absolute atomic E-state index is 12.1. The first kappa shape index (κ1) is 14.5. The minimum atomic E-state index is -0.675. The predicted octanol–water partition coefficient (Wildman–Crippen LogP) is 1.17. The minimum absolute atomic E-state index is 0.0190. The highest BCUT2D eigenvalue weighted by Gasteiger charge is 2.38. The maximum Gasteiger partial charge on any atom is 0.240 e. The molecule has 1 fully saturated rings. The first-order chi connectivity index (χ1) is 7.98. The number of aliphatic hydroxyl groups excluding tert-OH is 1. The molecule has 0 bridgehead atoms. The lowest BCUT2D eigenvalue weighted by Gasteiger charge is -2.36. The molecule has 0 saturated heterocycles. The zero-order valence-electron chi connectivity index (χ0n) is 11.0. The van der Waals surface area contributed by atoms with E-state index >= 15 is 0 Å². The van der Waals surface area contributed by atoms with Crippen LogP contribution in [0.2, 0.25) is 0 Å². The Bertz CT molecular complexity index is 258. The zero-order valence-corrected chi connectivity index (χ0v) is 11.0. The molecule has 100 valence electrons. The molecular weight excluding hydrogens is 216 g/mol. The van der Waals surface area contributed by atoms with E-state index in [0.717, 1.165) is 32.1 Å². The van der Waals surface area contributed by atoms with Gasteiger partial charge in [-0.1, -0.05) is 19.8 Å². The Morgan fingerprint density at radius 3 is 2.94 bits per heavy atom. The summed E-state index contributed by atoms with van der Waals surface area (Å²) in [6.45, 7) is 4.29. The SMILES string of the molecule is CC1CCCC(N)(C(=O)NC(C)CCCO)C1. The Kier molecular flexibility index (Phi) is 5.40. The quantitative estimate of drug-likeness (QED) is 0.677. The first-order valence-corrected chi connectivity index (χ1v) is 6.68. The fraction of sp³-hybridized carbons (Fsp3) is 0.923. The van der Waals surface area contributed by atoms with Crippen LogP contribution in [0.1, 0.15) is 52.4 Å². The van der Waals surface area contributed by atoms with Crippen molar-refractivity contribution >= 4 is 5.91 Å². The van der Waals surface area contributed by atoms with Gasteiger partial charge in [-0.15, -0.1) is 0 Å². The molecular formula is C13H26N2O2. The van der Waals surface area contributed by atoms with Gasteiger partial charge in [0.25, 0.3) is 0 Å². The molecule has 0 radical (unpaired) electrons. The van der Waals surface area contributed by atoms with Gasteiger partial charge >= 0.3 is 0 Å². The Morgan fingerprint density at radius 2 is 2.35 bits per heavy atom.